The first-order valence-corrected chi connectivity index (χ1v) is 11.1. The highest BCUT2D eigenvalue weighted by Gasteiger charge is 2.11. The van der Waals surface area contributed by atoms with Crippen LogP contribution in [0.1, 0.15) is 17.3 Å². The normalized spacial score (nSPS) is 10.1. The summed E-state index contributed by atoms with van der Waals surface area (Å²) in [7, 11) is 1.54. The Kier molecular flexibility index (Phi) is 9.51. The van der Waals surface area contributed by atoms with Gasteiger partial charge in [0.15, 0.2) is 24.7 Å². The summed E-state index contributed by atoms with van der Waals surface area (Å²) in [6.45, 7) is 1.78. The van der Waals surface area contributed by atoms with Crippen LogP contribution in [0, 0.1) is 0 Å². The van der Waals surface area contributed by atoms with E-state index in [4.69, 9.17) is 18.9 Å². The third-order valence-electron chi connectivity index (χ3n) is 4.66. The predicted octanol–water partition coefficient (Wildman–Crippen LogP) is 2.95. The van der Waals surface area contributed by atoms with E-state index in [0.29, 0.717) is 35.3 Å². The number of carbonyl (C=O) groups excluding carboxylic acids is 3. The van der Waals surface area contributed by atoms with Crippen LogP contribution >= 0.6 is 0 Å². The van der Waals surface area contributed by atoms with Crippen molar-refractivity contribution in [1.82, 2.24) is 10.9 Å². The van der Waals surface area contributed by atoms with Gasteiger partial charge in [0.05, 0.1) is 13.7 Å². The quantitative estimate of drug-likeness (QED) is 0.351. The van der Waals surface area contributed by atoms with Gasteiger partial charge >= 0.3 is 0 Å². The summed E-state index contributed by atoms with van der Waals surface area (Å²) in [5, 5.41) is 2.71. The maximum Gasteiger partial charge on any atom is 0.276 e. The zero-order chi connectivity index (χ0) is 25.8. The van der Waals surface area contributed by atoms with Crippen molar-refractivity contribution >= 4 is 23.4 Å². The maximum absolute atomic E-state index is 12.3. The summed E-state index contributed by atoms with van der Waals surface area (Å²) in [4.78, 5) is 36.4. The Morgan fingerprint density at radius 1 is 0.722 bits per heavy atom. The molecule has 3 rings (SSSR count). The molecule has 3 amide bonds. The van der Waals surface area contributed by atoms with Crippen molar-refractivity contribution in [3.8, 4) is 23.0 Å². The minimum atomic E-state index is -0.545. The number of hydrogen-bond acceptors (Lipinski definition) is 7. The van der Waals surface area contributed by atoms with E-state index in [1.807, 2.05) is 6.92 Å². The molecular formula is C26H27N3O7. The van der Waals surface area contributed by atoms with Gasteiger partial charge in [0.25, 0.3) is 17.7 Å². The zero-order valence-electron chi connectivity index (χ0n) is 19.9. The van der Waals surface area contributed by atoms with E-state index >= 15 is 0 Å². The second-order valence-corrected chi connectivity index (χ2v) is 7.26. The third-order valence-corrected chi connectivity index (χ3v) is 4.66. The van der Waals surface area contributed by atoms with Gasteiger partial charge < -0.3 is 24.3 Å². The summed E-state index contributed by atoms with van der Waals surface area (Å²) in [6, 6.07) is 20.0. The first-order valence-electron chi connectivity index (χ1n) is 11.1. The molecule has 0 atom stereocenters. The van der Waals surface area contributed by atoms with Crippen LogP contribution in [-0.4, -0.2) is 44.7 Å². The van der Waals surface area contributed by atoms with E-state index < -0.39 is 11.8 Å². The van der Waals surface area contributed by atoms with Crippen LogP contribution in [0.2, 0.25) is 0 Å². The molecule has 0 aliphatic carbocycles. The molecule has 3 aromatic rings. The van der Waals surface area contributed by atoms with Gasteiger partial charge in [0.2, 0.25) is 0 Å². The molecule has 0 heterocycles. The molecule has 0 aliphatic rings. The van der Waals surface area contributed by atoms with Crippen LogP contribution in [0.25, 0.3) is 0 Å². The molecule has 0 aliphatic heterocycles. The number of methoxy groups -OCH3 is 1. The van der Waals surface area contributed by atoms with Crippen molar-refractivity contribution in [2.75, 3.05) is 32.2 Å². The lowest BCUT2D eigenvalue weighted by atomic mass is 10.2. The van der Waals surface area contributed by atoms with Gasteiger partial charge in [-0.2, -0.15) is 0 Å². The number of para-hydroxylation sites is 2. The number of benzene rings is 3. The second-order valence-electron chi connectivity index (χ2n) is 7.26. The SMILES string of the molecule is CCOc1ccccc1OCC(=O)NNC(=O)c1ccc(OCC(=O)Nc2cccc(OC)c2)cc1. The molecule has 0 saturated carbocycles. The topological polar surface area (TPSA) is 124 Å². The van der Waals surface area contributed by atoms with Crippen LogP contribution in [0.4, 0.5) is 5.69 Å². The number of carbonyl (C=O) groups is 3. The average Bonchev–Trinajstić information content (AvgIpc) is 2.90. The number of hydrazine groups is 1. The highest BCUT2D eigenvalue weighted by molar-refractivity contribution is 5.95. The number of ether oxygens (including phenoxy) is 4. The van der Waals surface area contributed by atoms with Crippen molar-refractivity contribution in [1.29, 1.82) is 0 Å². The standard InChI is InChI=1S/C26H27N3O7/c1-3-34-22-9-4-5-10-23(22)36-17-25(31)28-29-26(32)18-11-13-20(14-12-18)35-16-24(30)27-19-7-6-8-21(15-19)33-2/h4-15H,3,16-17H2,1-2H3,(H,27,30)(H,28,31)(H,29,32). The van der Waals surface area contributed by atoms with Gasteiger partial charge in [-0.25, -0.2) is 0 Å². The summed E-state index contributed by atoms with van der Waals surface area (Å²) in [5.41, 5.74) is 5.48. The third kappa shape index (κ3) is 7.94. The number of rotatable bonds is 11. The van der Waals surface area contributed by atoms with Crippen LogP contribution < -0.4 is 35.1 Å². The maximum atomic E-state index is 12.3. The van der Waals surface area contributed by atoms with E-state index in [1.54, 1.807) is 67.8 Å². The van der Waals surface area contributed by atoms with Crippen LogP contribution in [0.15, 0.2) is 72.8 Å². The van der Waals surface area contributed by atoms with Crippen LogP contribution in [0.3, 0.4) is 0 Å². The lowest BCUT2D eigenvalue weighted by Gasteiger charge is -2.12. The first-order chi connectivity index (χ1) is 17.5. The van der Waals surface area contributed by atoms with Crippen molar-refractivity contribution in [2.45, 2.75) is 6.92 Å². The molecule has 36 heavy (non-hydrogen) atoms. The van der Waals surface area contributed by atoms with E-state index in [0.717, 1.165) is 0 Å². The van der Waals surface area contributed by atoms with Gasteiger partial charge in [-0.1, -0.05) is 18.2 Å². The van der Waals surface area contributed by atoms with E-state index in [1.165, 1.54) is 12.1 Å². The minimum Gasteiger partial charge on any atom is -0.497 e. The van der Waals surface area contributed by atoms with E-state index in [-0.39, 0.29) is 24.7 Å². The van der Waals surface area contributed by atoms with Crippen molar-refractivity contribution in [3.05, 3.63) is 78.4 Å². The Hall–Kier alpha value is -4.73. The predicted molar refractivity (Wildman–Crippen MR) is 132 cm³/mol. The Balaban J connectivity index is 1.41. The minimum absolute atomic E-state index is 0.217. The molecule has 0 fully saturated rings. The first kappa shape index (κ1) is 25.9. The number of anilines is 1. The molecule has 3 N–H and O–H groups in total. The van der Waals surface area contributed by atoms with Gasteiger partial charge in [-0.05, 0) is 55.5 Å². The summed E-state index contributed by atoms with van der Waals surface area (Å²) in [6.07, 6.45) is 0. The lowest BCUT2D eigenvalue weighted by Crippen LogP contribution is -2.43. The van der Waals surface area contributed by atoms with Gasteiger partial charge in [0, 0.05) is 17.3 Å². The summed E-state index contributed by atoms with van der Waals surface area (Å²) < 4.78 is 21.5. The molecule has 10 nitrogen and oxygen atoms in total. The molecule has 0 radical (unpaired) electrons. The van der Waals surface area contributed by atoms with Gasteiger partial charge in [-0.3, -0.25) is 25.2 Å². The Labute approximate surface area is 208 Å². The molecule has 10 heteroatoms. The molecular weight excluding hydrogens is 466 g/mol. The highest BCUT2D eigenvalue weighted by atomic mass is 16.5. The average molecular weight is 494 g/mol. The summed E-state index contributed by atoms with van der Waals surface area (Å²) >= 11 is 0. The molecule has 3 aromatic carbocycles. The largest absolute Gasteiger partial charge is 0.497 e. The van der Waals surface area contributed by atoms with Crippen molar-refractivity contribution < 1.29 is 33.3 Å². The fraction of sp³-hybridized carbons (Fsp3) is 0.192. The highest BCUT2D eigenvalue weighted by Crippen LogP contribution is 2.26. The number of amides is 3. The van der Waals surface area contributed by atoms with Crippen molar-refractivity contribution in [2.24, 2.45) is 0 Å². The molecule has 0 spiro atoms. The summed E-state index contributed by atoms with van der Waals surface area (Å²) in [5.74, 6) is 0.553. The molecule has 0 saturated heterocycles. The second kappa shape index (κ2) is 13.2. The van der Waals surface area contributed by atoms with Crippen molar-refractivity contribution in [3.63, 3.8) is 0 Å². The van der Waals surface area contributed by atoms with E-state index in [2.05, 4.69) is 16.2 Å². The fourth-order valence-corrected chi connectivity index (χ4v) is 2.97. The molecule has 0 aromatic heterocycles. The smallest absolute Gasteiger partial charge is 0.276 e. The molecule has 188 valence electrons. The Bertz CT molecular complexity index is 1180. The number of hydrogen-bond donors (Lipinski definition) is 3. The Morgan fingerprint density at radius 3 is 2.11 bits per heavy atom. The molecule has 0 unspecified atom stereocenters. The van der Waals surface area contributed by atoms with Gasteiger partial charge in [0.1, 0.15) is 11.5 Å². The van der Waals surface area contributed by atoms with E-state index in [9.17, 15) is 14.4 Å². The lowest BCUT2D eigenvalue weighted by molar-refractivity contribution is -0.123. The fourth-order valence-electron chi connectivity index (χ4n) is 2.97. The number of nitrogens with one attached hydrogen (secondary N) is 3. The molecule has 0 bridgehead atoms. The van der Waals surface area contributed by atoms with Crippen LogP contribution in [0.5, 0.6) is 23.0 Å². The van der Waals surface area contributed by atoms with Gasteiger partial charge in [-0.15, -0.1) is 0 Å². The van der Waals surface area contributed by atoms with Crippen LogP contribution in [-0.2, 0) is 9.59 Å². The Morgan fingerprint density at radius 2 is 1.42 bits per heavy atom. The monoisotopic (exact) mass is 493 g/mol. The zero-order valence-corrected chi connectivity index (χ0v) is 19.9.